The molecule has 1 aromatic rings. The van der Waals surface area contributed by atoms with Crippen LogP contribution < -0.4 is 5.32 Å². The van der Waals surface area contributed by atoms with Gasteiger partial charge in [0.25, 0.3) is 5.25 Å². The molecule has 1 aliphatic rings. The molecular formula is C11H10ClF2NO2S. The lowest BCUT2D eigenvalue weighted by atomic mass is 10.2. The van der Waals surface area contributed by atoms with Crippen LogP contribution in [0.15, 0.2) is 29.2 Å². The van der Waals surface area contributed by atoms with Crippen molar-refractivity contribution in [3.63, 3.8) is 0 Å². The Morgan fingerprint density at radius 2 is 2.11 bits per heavy atom. The fourth-order valence-corrected chi connectivity index (χ4v) is 2.57. The Hall–Kier alpha value is -1.01. The molecule has 3 nitrogen and oxygen atoms in total. The van der Waals surface area contributed by atoms with Crippen LogP contribution in [-0.2, 0) is 4.74 Å². The predicted molar refractivity (Wildman–Crippen MR) is 65.1 cm³/mol. The molecule has 1 amide bonds. The first-order valence-corrected chi connectivity index (χ1v) is 6.40. The smallest absolute Gasteiger partial charge is 0.407 e. The Kier molecular flexibility index (Phi) is 3.97. The molecule has 0 aliphatic carbocycles. The number of hydrogen-bond acceptors (Lipinski definition) is 3. The van der Waals surface area contributed by atoms with E-state index in [-0.39, 0.29) is 6.61 Å². The number of carbonyl (C=O) groups excluding carboxylic acids is 1. The lowest BCUT2D eigenvalue weighted by Gasteiger charge is -2.18. The van der Waals surface area contributed by atoms with Crippen LogP contribution in [0.25, 0.3) is 0 Å². The maximum atomic E-state index is 13.7. The molecule has 1 aliphatic heterocycles. The minimum Gasteiger partial charge on any atom is -0.447 e. The molecule has 1 unspecified atom stereocenters. The second kappa shape index (κ2) is 5.32. The summed E-state index contributed by atoms with van der Waals surface area (Å²) in [6.07, 6.45) is -1.11. The first kappa shape index (κ1) is 13.4. The summed E-state index contributed by atoms with van der Waals surface area (Å²) in [5.41, 5.74) is 0. The highest BCUT2D eigenvalue weighted by molar-refractivity contribution is 8.00. The maximum absolute atomic E-state index is 13.7. The number of alkyl carbamates (subject to hydrolysis) is 1. The Labute approximate surface area is 112 Å². The number of nitrogens with one attached hydrogen (secondary N) is 1. The number of hydrogen-bond donors (Lipinski definition) is 1. The number of amides is 1. The van der Waals surface area contributed by atoms with E-state index in [4.69, 9.17) is 11.6 Å². The molecule has 2 rings (SSSR count). The van der Waals surface area contributed by atoms with Crippen molar-refractivity contribution in [3.05, 3.63) is 29.3 Å². The predicted octanol–water partition coefficient (Wildman–Crippen LogP) is 3.52. The monoisotopic (exact) mass is 293 g/mol. The summed E-state index contributed by atoms with van der Waals surface area (Å²) in [6.45, 7) is -0.0183. The molecular weight excluding hydrogens is 284 g/mol. The van der Waals surface area contributed by atoms with Gasteiger partial charge in [0.2, 0.25) is 0 Å². The third-order valence-electron chi connectivity index (χ3n) is 2.30. The number of alkyl halides is 2. The molecule has 1 atom stereocenters. The number of carbonyl (C=O) groups is 1. The SMILES string of the molecule is O=C1NC(CC(F)(F)Sc2ccc(Cl)cc2)CO1. The van der Waals surface area contributed by atoms with E-state index in [1.165, 1.54) is 12.1 Å². The van der Waals surface area contributed by atoms with Gasteiger partial charge in [-0.25, -0.2) is 4.79 Å². The fraction of sp³-hybridized carbons (Fsp3) is 0.364. The molecule has 1 aromatic carbocycles. The van der Waals surface area contributed by atoms with E-state index in [9.17, 15) is 13.6 Å². The average molecular weight is 294 g/mol. The van der Waals surface area contributed by atoms with E-state index in [1.807, 2.05) is 0 Å². The molecule has 98 valence electrons. The zero-order valence-corrected chi connectivity index (χ0v) is 10.7. The zero-order valence-electron chi connectivity index (χ0n) is 9.16. The number of benzene rings is 1. The van der Waals surface area contributed by atoms with Crippen LogP contribution >= 0.6 is 23.4 Å². The van der Waals surface area contributed by atoms with Crippen LogP contribution in [0.3, 0.4) is 0 Å². The number of thioether (sulfide) groups is 1. The van der Waals surface area contributed by atoms with Crippen molar-refractivity contribution in [1.82, 2.24) is 5.32 Å². The standard InChI is InChI=1S/C11H10ClF2NO2S/c12-7-1-3-9(4-2-7)18-11(13,14)5-8-6-17-10(16)15-8/h1-4,8H,5-6H2,(H,15,16). The quantitative estimate of drug-likeness (QED) is 0.863. The van der Waals surface area contributed by atoms with Gasteiger partial charge in [0, 0.05) is 16.3 Å². The second-order valence-corrected chi connectivity index (χ2v) is 5.55. The van der Waals surface area contributed by atoms with Crippen LogP contribution in [0.1, 0.15) is 6.42 Å². The van der Waals surface area contributed by atoms with Gasteiger partial charge in [0.15, 0.2) is 0 Å². The summed E-state index contributed by atoms with van der Waals surface area (Å²) in [7, 11) is 0. The van der Waals surface area contributed by atoms with Crippen molar-refractivity contribution >= 4 is 29.5 Å². The molecule has 0 radical (unpaired) electrons. The topological polar surface area (TPSA) is 38.3 Å². The van der Waals surface area contributed by atoms with Crippen molar-refractivity contribution in [2.75, 3.05) is 6.61 Å². The Balaban J connectivity index is 1.94. The van der Waals surface area contributed by atoms with E-state index >= 15 is 0 Å². The van der Waals surface area contributed by atoms with E-state index in [1.54, 1.807) is 12.1 Å². The Morgan fingerprint density at radius 1 is 1.44 bits per heavy atom. The second-order valence-electron chi connectivity index (χ2n) is 3.84. The van der Waals surface area contributed by atoms with Crippen molar-refractivity contribution in [2.24, 2.45) is 0 Å². The van der Waals surface area contributed by atoms with Gasteiger partial charge in [-0.15, -0.1) is 0 Å². The van der Waals surface area contributed by atoms with Crippen molar-refractivity contribution in [2.45, 2.75) is 22.6 Å². The molecule has 0 spiro atoms. The molecule has 0 bridgehead atoms. The minimum atomic E-state index is -2.97. The van der Waals surface area contributed by atoms with Gasteiger partial charge in [0.05, 0.1) is 6.04 Å². The molecule has 7 heteroatoms. The number of halogens is 3. The third-order valence-corrected chi connectivity index (χ3v) is 3.53. The molecule has 1 N–H and O–H groups in total. The lowest BCUT2D eigenvalue weighted by Crippen LogP contribution is -2.31. The first-order chi connectivity index (χ1) is 8.44. The van der Waals surface area contributed by atoms with Gasteiger partial charge in [-0.2, -0.15) is 8.78 Å². The molecule has 1 fully saturated rings. The molecule has 1 saturated heterocycles. The Morgan fingerprint density at radius 3 is 2.67 bits per heavy atom. The molecule has 18 heavy (non-hydrogen) atoms. The maximum Gasteiger partial charge on any atom is 0.407 e. The van der Waals surface area contributed by atoms with Crippen LogP contribution in [0.5, 0.6) is 0 Å². The van der Waals surface area contributed by atoms with Gasteiger partial charge in [-0.3, -0.25) is 0 Å². The number of cyclic esters (lactones) is 1. The zero-order chi connectivity index (χ0) is 13.2. The highest BCUT2D eigenvalue weighted by Crippen LogP contribution is 2.39. The van der Waals surface area contributed by atoms with Gasteiger partial charge >= 0.3 is 6.09 Å². The van der Waals surface area contributed by atoms with Crippen molar-refractivity contribution in [1.29, 1.82) is 0 Å². The summed E-state index contributed by atoms with van der Waals surface area (Å²) < 4.78 is 32.0. The third kappa shape index (κ3) is 3.74. The summed E-state index contributed by atoms with van der Waals surface area (Å²) in [5.74, 6) is 0. The van der Waals surface area contributed by atoms with Crippen LogP contribution in [-0.4, -0.2) is 24.0 Å². The lowest BCUT2D eigenvalue weighted by molar-refractivity contribution is 0.0822. The van der Waals surface area contributed by atoms with Gasteiger partial charge in [0.1, 0.15) is 6.61 Å². The summed E-state index contributed by atoms with van der Waals surface area (Å²) in [4.78, 5) is 11.2. The van der Waals surface area contributed by atoms with Gasteiger partial charge in [-0.1, -0.05) is 23.4 Å². The van der Waals surface area contributed by atoms with E-state index in [0.29, 0.717) is 21.7 Å². The van der Waals surface area contributed by atoms with Crippen molar-refractivity contribution in [3.8, 4) is 0 Å². The minimum absolute atomic E-state index is 0.0183. The average Bonchev–Trinajstić information content (AvgIpc) is 2.66. The highest BCUT2D eigenvalue weighted by atomic mass is 35.5. The van der Waals surface area contributed by atoms with Crippen molar-refractivity contribution < 1.29 is 18.3 Å². The molecule has 0 aromatic heterocycles. The van der Waals surface area contributed by atoms with E-state index in [0.717, 1.165) is 0 Å². The van der Waals surface area contributed by atoms with Crippen LogP contribution in [0.4, 0.5) is 13.6 Å². The van der Waals surface area contributed by atoms with E-state index in [2.05, 4.69) is 10.1 Å². The van der Waals surface area contributed by atoms with Crippen LogP contribution in [0.2, 0.25) is 5.02 Å². The summed E-state index contributed by atoms with van der Waals surface area (Å²) >= 11 is 6.12. The molecule has 0 saturated carbocycles. The summed E-state index contributed by atoms with van der Waals surface area (Å²) in [6, 6.07) is 5.53. The van der Waals surface area contributed by atoms with Gasteiger partial charge in [-0.05, 0) is 24.3 Å². The number of rotatable bonds is 4. The van der Waals surface area contributed by atoms with Crippen LogP contribution in [0, 0.1) is 0 Å². The highest BCUT2D eigenvalue weighted by Gasteiger charge is 2.37. The fourth-order valence-electron chi connectivity index (χ4n) is 1.54. The van der Waals surface area contributed by atoms with E-state index < -0.39 is 23.8 Å². The molecule has 1 heterocycles. The first-order valence-electron chi connectivity index (χ1n) is 5.20. The normalized spacial score (nSPS) is 19.5. The summed E-state index contributed by atoms with van der Waals surface area (Å²) in [5, 5.41) is -0.144. The number of ether oxygens (including phenoxy) is 1. The largest absolute Gasteiger partial charge is 0.447 e. The Bertz CT molecular complexity index is 441. The van der Waals surface area contributed by atoms with Gasteiger partial charge < -0.3 is 10.1 Å².